The number of hydrogen-bond donors (Lipinski definition) is 0. The van der Waals surface area contributed by atoms with E-state index in [4.69, 9.17) is 0 Å². The molecule has 0 aliphatic heterocycles. The number of hydrogen-bond acceptors (Lipinski definition) is 4. The number of carbonyl (C=O) groups excluding carboxylic acids is 1. The Kier molecular flexibility index (Phi) is 5.18. The Balaban J connectivity index is 1.38. The van der Waals surface area contributed by atoms with Gasteiger partial charge in [0.25, 0.3) is 0 Å². The van der Waals surface area contributed by atoms with Crippen molar-refractivity contribution >= 4 is 27.5 Å². The number of likely N-dealkylation sites (N-methyl/N-ethyl adjacent to an activating group) is 1. The minimum absolute atomic E-state index is 0.0864. The first-order valence-corrected chi connectivity index (χ1v) is 9.97. The first kappa shape index (κ1) is 18.1. The summed E-state index contributed by atoms with van der Waals surface area (Å²) < 4.78 is 14.3. The van der Waals surface area contributed by atoms with Gasteiger partial charge in [0.2, 0.25) is 5.91 Å². The van der Waals surface area contributed by atoms with Crippen molar-refractivity contribution in [1.82, 2.24) is 14.8 Å². The molecule has 1 saturated carbocycles. The number of benzene rings is 2. The molecule has 1 aliphatic carbocycles. The molecule has 0 radical (unpaired) electrons. The number of fused-ring (bicyclic) bond motifs is 1. The number of carbonyl (C=O) groups is 1. The highest BCUT2D eigenvalue weighted by Gasteiger charge is 2.31. The van der Waals surface area contributed by atoms with Gasteiger partial charge in [0.05, 0.1) is 23.3 Å². The molecule has 6 heteroatoms. The lowest BCUT2D eigenvalue weighted by Gasteiger charge is -2.24. The van der Waals surface area contributed by atoms with Crippen molar-refractivity contribution in [2.45, 2.75) is 32.0 Å². The van der Waals surface area contributed by atoms with Crippen LogP contribution in [0.15, 0.2) is 48.5 Å². The summed E-state index contributed by atoms with van der Waals surface area (Å²) in [7, 11) is 1.83. The fraction of sp³-hybridized carbons (Fsp3) is 0.333. The lowest BCUT2D eigenvalue weighted by atomic mass is 10.2. The van der Waals surface area contributed by atoms with Crippen molar-refractivity contribution in [3.05, 3.63) is 64.9 Å². The molecule has 1 fully saturated rings. The van der Waals surface area contributed by atoms with E-state index >= 15 is 0 Å². The van der Waals surface area contributed by atoms with Gasteiger partial charge in [-0.05, 0) is 42.7 Å². The number of rotatable bonds is 7. The molecule has 1 aromatic heterocycles. The maximum Gasteiger partial charge on any atom is 0.236 e. The van der Waals surface area contributed by atoms with Gasteiger partial charge in [0, 0.05) is 19.6 Å². The highest BCUT2D eigenvalue weighted by atomic mass is 32.1. The fourth-order valence-corrected chi connectivity index (χ4v) is 4.17. The van der Waals surface area contributed by atoms with Crippen molar-refractivity contribution in [3.8, 4) is 0 Å². The standard InChI is InChI=1S/C21H22FN3OS/c1-24(13-20-23-18-4-2-3-5-19(18)27-20)21(26)14-25(17-10-11-17)12-15-6-8-16(22)9-7-15/h2-9,17H,10-14H2,1H3. The third-order valence-electron chi connectivity index (χ3n) is 4.84. The second-order valence-corrected chi connectivity index (χ2v) is 8.20. The quantitative estimate of drug-likeness (QED) is 0.617. The summed E-state index contributed by atoms with van der Waals surface area (Å²) in [6.07, 6.45) is 2.24. The van der Waals surface area contributed by atoms with Crippen LogP contribution in [0.3, 0.4) is 0 Å². The number of amides is 1. The highest BCUT2D eigenvalue weighted by Crippen LogP contribution is 2.28. The zero-order chi connectivity index (χ0) is 18.8. The zero-order valence-electron chi connectivity index (χ0n) is 15.3. The molecule has 0 N–H and O–H groups in total. The maximum absolute atomic E-state index is 13.1. The van der Waals surface area contributed by atoms with Crippen LogP contribution in [-0.2, 0) is 17.9 Å². The van der Waals surface area contributed by atoms with E-state index < -0.39 is 0 Å². The molecule has 0 saturated heterocycles. The number of para-hydroxylation sites is 1. The monoisotopic (exact) mass is 383 g/mol. The second-order valence-electron chi connectivity index (χ2n) is 7.09. The average molecular weight is 383 g/mol. The van der Waals surface area contributed by atoms with E-state index in [2.05, 4.69) is 16.0 Å². The lowest BCUT2D eigenvalue weighted by molar-refractivity contribution is -0.132. The summed E-state index contributed by atoms with van der Waals surface area (Å²) in [5, 5.41) is 0.948. The molecule has 0 unspecified atom stereocenters. The predicted octanol–water partition coefficient (Wildman–Crippen LogP) is 4.06. The number of halogens is 1. The van der Waals surface area contributed by atoms with Crippen LogP contribution in [-0.4, -0.2) is 40.3 Å². The van der Waals surface area contributed by atoms with E-state index in [0.29, 0.717) is 25.7 Å². The van der Waals surface area contributed by atoms with Crippen LogP contribution < -0.4 is 0 Å². The molecule has 0 atom stereocenters. The van der Waals surface area contributed by atoms with Gasteiger partial charge in [0.1, 0.15) is 10.8 Å². The average Bonchev–Trinajstić information content (AvgIpc) is 3.42. The van der Waals surface area contributed by atoms with Gasteiger partial charge in [-0.25, -0.2) is 9.37 Å². The minimum atomic E-state index is -0.233. The van der Waals surface area contributed by atoms with Gasteiger partial charge in [0.15, 0.2) is 0 Å². The Labute approximate surface area is 162 Å². The summed E-state index contributed by atoms with van der Waals surface area (Å²) in [4.78, 5) is 21.3. The molecule has 2 aromatic carbocycles. The first-order chi connectivity index (χ1) is 13.1. The molecule has 1 amide bonds. The van der Waals surface area contributed by atoms with E-state index in [9.17, 15) is 9.18 Å². The molecule has 4 rings (SSSR count). The molecule has 27 heavy (non-hydrogen) atoms. The predicted molar refractivity (Wildman–Crippen MR) is 106 cm³/mol. The van der Waals surface area contributed by atoms with Crippen LogP contribution in [0.1, 0.15) is 23.4 Å². The molecule has 4 nitrogen and oxygen atoms in total. The largest absolute Gasteiger partial charge is 0.338 e. The van der Waals surface area contributed by atoms with Crippen molar-refractivity contribution < 1.29 is 9.18 Å². The van der Waals surface area contributed by atoms with E-state index in [1.54, 1.807) is 28.4 Å². The normalized spacial score (nSPS) is 14.0. The maximum atomic E-state index is 13.1. The van der Waals surface area contributed by atoms with Crippen LogP contribution in [0.5, 0.6) is 0 Å². The second kappa shape index (κ2) is 7.74. The van der Waals surface area contributed by atoms with Gasteiger partial charge < -0.3 is 4.90 Å². The van der Waals surface area contributed by atoms with E-state index in [1.807, 2.05) is 25.2 Å². The molecular weight excluding hydrogens is 361 g/mol. The van der Waals surface area contributed by atoms with Crippen LogP contribution in [0.25, 0.3) is 10.2 Å². The number of thiazole rings is 1. The molecule has 1 heterocycles. The lowest BCUT2D eigenvalue weighted by Crippen LogP contribution is -2.38. The summed E-state index contributed by atoms with van der Waals surface area (Å²) in [5.41, 5.74) is 2.01. The van der Waals surface area contributed by atoms with Gasteiger partial charge in [-0.3, -0.25) is 9.69 Å². The van der Waals surface area contributed by atoms with Gasteiger partial charge in [-0.1, -0.05) is 24.3 Å². The summed E-state index contributed by atoms with van der Waals surface area (Å²) in [6, 6.07) is 15.0. The Hall–Kier alpha value is -2.31. The van der Waals surface area contributed by atoms with Crippen molar-refractivity contribution in [2.24, 2.45) is 0 Å². The SMILES string of the molecule is CN(Cc1nc2ccccc2s1)C(=O)CN(Cc1ccc(F)cc1)C1CC1. The first-order valence-electron chi connectivity index (χ1n) is 9.15. The third kappa shape index (κ3) is 4.51. The highest BCUT2D eigenvalue weighted by molar-refractivity contribution is 7.18. The smallest absolute Gasteiger partial charge is 0.236 e. The van der Waals surface area contributed by atoms with E-state index in [1.165, 1.54) is 12.1 Å². The number of nitrogens with zero attached hydrogens (tertiary/aromatic N) is 3. The van der Waals surface area contributed by atoms with Crippen molar-refractivity contribution in [1.29, 1.82) is 0 Å². The van der Waals surface area contributed by atoms with Gasteiger partial charge in [-0.15, -0.1) is 11.3 Å². The van der Waals surface area contributed by atoms with E-state index in [-0.39, 0.29) is 11.7 Å². The summed E-state index contributed by atoms with van der Waals surface area (Å²) >= 11 is 1.63. The summed E-state index contributed by atoms with van der Waals surface area (Å²) in [6.45, 7) is 1.57. The molecule has 3 aromatic rings. The molecule has 0 spiro atoms. The summed E-state index contributed by atoms with van der Waals surface area (Å²) in [5.74, 6) is -0.147. The van der Waals surface area contributed by atoms with Crippen LogP contribution in [0.4, 0.5) is 4.39 Å². The van der Waals surface area contributed by atoms with Crippen LogP contribution in [0, 0.1) is 5.82 Å². The van der Waals surface area contributed by atoms with Crippen molar-refractivity contribution in [2.75, 3.05) is 13.6 Å². The molecule has 0 bridgehead atoms. The van der Waals surface area contributed by atoms with Gasteiger partial charge in [-0.2, -0.15) is 0 Å². The number of aromatic nitrogens is 1. The topological polar surface area (TPSA) is 36.4 Å². The van der Waals surface area contributed by atoms with E-state index in [0.717, 1.165) is 33.6 Å². The molecule has 140 valence electrons. The van der Waals surface area contributed by atoms with Crippen LogP contribution in [0.2, 0.25) is 0 Å². The molecule has 1 aliphatic rings. The van der Waals surface area contributed by atoms with Crippen LogP contribution >= 0.6 is 11.3 Å². The zero-order valence-corrected chi connectivity index (χ0v) is 16.1. The molecular formula is C21H22FN3OS. The Bertz CT molecular complexity index is 903. The minimum Gasteiger partial charge on any atom is -0.338 e. The Morgan fingerprint density at radius 3 is 2.59 bits per heavy atom. The van der Waals surface area contributed by atoms with Gasteiger partial charge >= 0.3 is 0 Å². The Morgan fingerprint density at radius 2 is 1.89 bits per heavy atom. The fourth-order valence-electron chi connectivity index (χ4n) is 3.15. The van der Waals surface area contributed by atoms with Crippen molar-refractivity contribution in [3.63, 3.8) is 0 Å². The Morgan fingerprint density at radius 1 is 1.15 bits per heavy atom. The third-order valence-corrected chi connectivity index (χ3v) is 5.86.